The average Bonchev–Trinajstić information content (AvgIpc) is 3.66. The minimum atomic E-state index is -1.07. The third kappa shape index (κ3) is 7.57. The Labute approximate surface area is 329 Å². The minimum Gasteiger partial charge on any atom is -0.334 e. The lowest BCUT2D eigenvalue weighted by atomic mass is 9.74. The molecule has 0 saturated heterocycles. The fourth-order valence-corrected chi connectivity index (χ4v) is 8.02. The van der Waals surface area contributed by atoms with E-state index in [2.05, 4.69) is 173 Å². The van der Waals surface area contributed by atoms with Crippen LogP contribution in [-0.2, 0) is 18.5 Å². The van der Waals surface area contributed by atoms with Crippen molar-refractivity contribution in [2.45, 2.75) is 38.4 Å². The fraction of sp³-hybridized carbons (Fsp3) is 0.118. The molecule has 1 atom stereocenters. The summed E-state index contributed by atoms with van der Waals surface area (Å²) in [5.41, 5.74) is 10.1. The zero-order valence-corrected chi connectivity index (χ0v) is 31.8. The van der Waals surface area contributed by atoms with Crippen molar-refractivity contribution in [2.24, 2.45) is 0 Å². The second-order valence-corrected chi connectivity index (χ2v) is 14.5. The highest BCUT2D eigenvalue weighted by molar-refractivity contribution is 5.95. The van der Waals surface area contributed by atoms with Crippen molar-refractivity contribution in [1.82, 2.24) is 15.2 Å². The van der Waals surface area contributed by atoms with Crippen molar-refractivity contribution in [1.29, 1.82) is 0 Å². The van der Waals surface area contributed by atoms with Crippen LogP contribution in [0.15, 0.2) is 200 Å². The van der Waals surface area contributed by atoms with Crippen molar-refractivity contribution < 1.29 is 9.48 Å². The zero-order valence-electron chi connectivity index (χ0n) is 31.8. The highest BCUT2D eigenvalue weighted by Gasteiger charge is 2.49. The number of nitrogens with one attached hydrogen (secondary N) is 1. The van der Waals surface area contributed by atoms with E-state index < -0.39 is 11.6 Å². The summed E-state index contributed by atoms with van der Waals surface area (Å²) in [4.78, 5) is 14.9. The summed E-state index contributed by atoms with van der Waals surface area (Å²) in [5.74, 6) is -0.151. The molecule has 0 saturated carbocycles. The van der Waals surface area contributed by atoms with Gasteiger partial charge in [-0.15, -0.1) is 9.36 Å². The normalized spacial score (nSPS) is 11.9. The molecule has 8 rings (SSSR count). The van der Waals surface area contributed by atoms with Crippen LogP contribution in [0, 0.1) is 13.8 Å². The number of hydrogen-bond acceptors (Lipinski definition) is 2. The van der Waals surface area contributed by atoms with Gasteiger partial charge in [0.05, 0.1) is 5.21 Å². The highest BCUT2D eigenvalue weighted by atomic mass is 16.1. The maximum Gasteiger partial charge on any atom is 0.252 e. The SMILES string of the molecule is Cc1cc(C)cc(C(=O)NC(c2ccccc2)(c2ccccc2)[C@H](Cc2ccccc2)[n+]2cc(-c3ccccc3-c3ccccc3)n(Cc3ccccc3)n2)c1. The van der Waals surface area contributed by atoms with Gasteiger partial charge in [0.2, 0.25) is 0 Å². The largest absolute Gasteiger partial charge is 0.334 e. The van der Waals surface area contributed by atoms with Gasteiger partial charge in [-0.3, -0.25) is 4.79 Å². The van der Waals surface area contributed by atoms with E-state index in [1.165, 1.54) is 0 Å². The van der Waals surface area contributed by atoms with Crippen LogP contribution in [0.3, 0.4) is 0 Å². The summed E-state index contributed by atoms with van der Waals surface area (Å²) >= 11 is 0. The summed E-state index contributed by atoms with van der Waals surface area (Å²) in [5, 5.41) is 9.22. The van der Waals surface area contributed by atoms with Crippen LogP contribution in [0.5, 0.6) is 0 Å². The summed E-state index contributed by atoms with van der Waals surface area (Å²) in [7, 11) is 0. The lowest BCUT2D eigenvalue weighted by Crippen LogP contribution is -2.62. The van der Waals surface area contributed by atoms with Crippen LogP contribution in [0.1, 0.15) is 49.8 Å². The summed E-state index contributed by atoms with van der Waals surface area (Å²) in [6, 6.07) is 66.4. The first kappa shape index (κ1) is 36.1. The molecule has 5 nitrogen and oxygen atoms in total. The van der Waals surface area contributed by atoms with Gasteiger partial charge in [0.25, 0.3) is 5.91 Å². The lowest BCUT2D eigenvalue weighted by molar-refractivity contribution is -0.785. The van der Waals surface area contributed by atoms with E-state index in [-0.39, 0.29) is 5.91 Å². The Morgan fingerprint density at radius 2 is 1.09 bits per heavy atom. The number of benzene rings is 7. The molecule has 0 fully saturated rings. The van der Waals surface area contributed by atoms with Crippen LogP contribution >= 0.6 is 0 Å². The van der Waals surface area contributed by atoms with E-state index in [1.807, 2.05) is 56.3 Å². The molecule has 1 N–H and O–H groups in total. The molecule has 0 radical (unpaired) electrons. The van der Waals surface area contributed by atoms with Crippen LogP contribution in [0.4, 0.5) is 0 Å². The lowest BCUT2D eigenvalue weighted by Gasteiger charge is -2.40. The van der Waals surface area contributed by atoms with E-state index in [9.17, 15) is 4.79 Å². The predicted molar refractivity (Wildman–Crippen MR) is 225 cm³/mol. The van der Waals surface area contributed by atoms with E-state index >= 15 is 0 Å². The summed E-state index contributed by atoms with van der Waals surface area (Å²) in [6.45, 7) is 4.63. The number of aromatic nitrogens is 3. The predicted octanol–water partition coefficient (Wildman–Crippen LogP) is 10.3. The molecule has 274 valence electrons. The molecule has 1 aromatic heterocycles. The van der Waals surface area contributed by atoms with Crippen molar-refractivity contribution in [3.8, 4) is 22.4 Å². The second kappa shape index (κ2) is 16.3. The second-order valence-electron chi connectivity index (χ2n) is 14.5. The molecule has 0 spiro atoms. The number of hydrogen-bond donors (Lipinski definition) is 1. The number of nitrogens with zero attached hydrogens (tertiary/aromatic N) is 3. The van der Waals surface area contributed by atoms with Gasteiger partial charge >= 0.3 is 0 Å². The summed E-state index contributed by atoms with van der Waals surface area (Å²) in [6.07, 6.45) is 2.76. The number of rotatable bonds is 12. The van der Waals surface area contributed by atoms with Crippen molar-refractivity contribution in [2.75, 3.05) is 0 Å². The Morgan fingerprint density at radius 3 is 1.66 bits per heavy atom. The molecular formula is C51H45N4O+. The van der Waals surface area contributed by atoms with Gasteiger partial charge < -0.3 is 5.32 Å². The van der Waals surface area contributed by atoms with Gasteiger partial charge in [-0.1, -0.05) is 187 Å². The monoisotopic (exact) mass is 729 g/mol. The third-order valence-electron chi connectivity index (χ3n) is 10.6. The number of aryl methyl sites for hydroxylation is 2. The first-order chi connectivity index (χ1) is 27.5. The first-order valence-electron chi connectivity index (χ1n) is 19.2. The molecule has 5 heteroatoms. The molecule has 0 aliphatic carbocycles. The Hall–Kier alpha value is -6.85. The number of carbonyl (C=O) groups excluding carboxylic acids is 1. The first-order valence-corrected chi connectivity index (χ1v) is 19.2. The maximum atomic E-state index is 14.9. The number of amides is 1. The van der Waals surface area contributed by atoms with E-state index in [0.29, 0.717) is 18.5 Å². The van der Waals surface area contributed by atoms with Crippen LogP contribution in [0.2, 0.25) is 0 Å². The molecule has 1 amide bonds. The molecule has 0 aliphatic rings. The average molecular weight is 730 g/mol. The molecule has 56 heavy (non-hydrogen) atoms. The molecule has 8 aromatic rings. The van der Waals surface area contributed by atoms with E-state index in [4.69, 9.17) is 5.21 Å². The van der Waals surface area contributed by atoms with E-state index in [0.717, 1.165) is 55.8 Å². The quantitative estimate of drug-likeness (QED) is 0.127. The van der Waals surface area contributed by atoms with Gasteiger partial charge in [-0.2, -0.15) is 0 Å². The Kier molecular flexibility index (Phi) is 10.5. The van der Waals surface area contributed by atoms with Gasteiger partial charge in [-0.05, 0) is 65.4 Å². The molecular weight excluding hydrogens is 685 g/mol. The van der Waals surface area contributed by atoms with Gasteiger partial charge in [0.15, 0.2) is 17.9 Å². The minimum absolute atomic E-state index is 0.151. The zero-order chi connectivity index (χ0) is 38.3. The molecule has 7 aromatic carbocycles. The Bertz CT molecular complexity index is 2470. The van der Waals surface area contributed by atoms with Crippen molar-refractivity contribution in [3.63, 3.8) is 0 Å². The topological polar surface area (TPSA) is 50.8 Å². The van der Waals surface area contributed by atoms with E-state index in [1.54, 1.807) is 0 Å². The van der Waals surface area contributed by atoms with Crippen LogP contribution in [0.25, 0.3) is 22.4 Å². The standard InChI is InChI=1S/C51H44N4O/c1-38-32-39(2)34-43(33-38)50(56)52-51(44-26-14-6-15-27-44,45-28-16-7-17-29-45)49(35-40-20-8-3-9-21-40)55-37-48(54(53-55)36-41-22-10-4-11-23-41)47-31-19-18-30-46(47)42-24-12-5-13-25-42/h3-34,37,49H,35-36H2,1-2H3/p+1/t49-/m0/s1. The van der Waals surface area contributed by atoms with Gasteiger partial charge in [-0.25, -0.2) is 0 Å². The van der Waals surface area contributed by atoms with Crippen LogP contribution < -0.4 is 10.00 Å². The van der Waals surface area contributed by atoms with Gasteiger partial charge in [0.1, 0.15) is 12.1 Å². The number of carbonyl (C=O) groups is 1. The smallest absolute Gasteiger partial charge is 0.252 e. The van der Waals surface area contributed by atoms with Crippen LogP contribution in [-0.4, -0.2) is 15.8 Å². The third-order valence-corrected chi connectivity index (χ3v) is 10.6. The molecule has 0 bridgehead atoms. The van der Waals surface area contributed by atoms with Crippen molar-refractivity contribution in [3.05, 3.63) is 239 Å². The summed E-state index contributed by atoms with van der Waals surface area (Å²) < 4.78 is 4.22. The fourth-order valence-electron chi connectivity index (χ4n) is 8.02. The molecule has 1 heterocycles. The molecule has 0 aliphatic heterocycles. The Balaban J connectivity index is 1.41. The molecule has 0 unspecified atom stereocenters. The van der Waals surface area contributed by atoms with Crippen molar-refractivity contribution >= 4 is 5.91 Å². The Morgan fingerprint density at radius 1 is 0.607 bits per heavy atom. The maximum absolute atomic E-state index is 14.9. The highest BCUT2D eigenvalue weighted by Crippen LogP contribution is 2.41. The van der Waals surface area contributed by atoms with Gasteiger partial charge in [0, 0.05) is 17.5 Å².